The molecule has 0 saturated heterocycles. The van der Waals surface area contributed by atoms with Crippen molar-refractivity contribution in [1.29, 1.82) is 0 Å². The highest BCUT2D eigenvalue weighted by atomic mass is 79.9. The van der Waals surface area contributed by atoms with Crippen molar-refractivity contribution in [2.45, 2.75) is 38.1 Å². The van der Waals surface area contributed by atoms with E-state index in [1.54, 1.807) is 0 Å². The number of hydrogen-bond acceptors (Lipinski definition) is 2. The first-order valence-electron chi connectivity index (χ1n) is 6.18. The lowest BCUT2D eigenvalue weighted by atomic mass is 9.82. The Morgan fingerprint density at radius 3 is 2.35 bits per heavy atom. The summed E-state index contributed by atoms with van der Waals surface area (Å²) in [5, 5.41) is 0. The molecule has 0 radical (unpaired) electrons. The lowest BCUT2D eigenvalue weighted by Gasteiger charge is -2.24. The average Bonchev–Trinajstić information content (AvgIpc) is 2.33. The van der Waals surface area contributed by atoms with Crippen LogP contribution in [0.5, 0.6) is 0 Å². The van der Waals surface area contributed by atoms with Gasteiger partial charge in [-0.1, -0.05) is 28.1 Å². The molecule has 1 fully saturated rings. The first kappa shape index (κ1) is 12.8. The second kappa shape index (κ2) is 5.78. The fourth-order valence-corrected chi connectivity index (χ4v) is 2.65. The van der Waals surface area contributed by atoms with Gasteiger partial charge in [0.2, 0.25) is 0 Å². The Morgan fingerprint density at radius 1 is 1.18 bits per heavy atom. The van der Waals surface area contributed by atoms with Gasteiger partial charge in [0.15, 0.2) is 0 Å². The van der Waals surface area contributed by atoms with Crippen LogP contribution < -0.4 is 5.73 Å². The van der Waals surface area contributed by atoms with Crippen molar-refractivity contribution in [3.05, 3.63) is 34.3 Å². The van der Waals surface area contributed by atoms with Crippen LogP contribution in [0.1, 0.15) is 31.2 Å². The lowest BCUT2D eigenvalue weighted by molar-refractivity contribution is -0.123. The van der Waals surface area contributed by atoms with Gasteiger partial charge in [0.25, 0.3) is 0 Å². The van der Waals surface area contributed by atoms with Crippen LogP contribution in [-0.4, -0.2) is 11.8 Å². The smallest absolute Gasteiger partial charge is 0.140 e. The van der Waals surface area contributed by atoms with Gasteiger partial charge in [-0.15, -0.1) is 0 Å². The Kier molecular flexibility index (Phi) is 4.35. The average molecular weight is 296 g/mol. The molecule has 2 nitrogen and oxygen atoms in total. The topological polar surface area (TPSA) is 43.1 Å². The molecular formula is C14H18BrNO. The summed E-state index contributed by atoms with van der Waals surface area (Å²) in [5.41, 5.74) is 6.95. The molecular weight excluding hydrogens is 278 g/mol. The molecule has 0 heterocycles. The van der Waals surface area contributed by atoms with Crippen LogP contribution in [0.4, 0.5) is 0 Å². The van der Waals surface area contributed by atoms with Gasteiger partial charge in [0.05, 0.1) is 0 Å². The number of hydrogen-bond donors (Lipinski definition) is 1. The standard InChI is InChI=1S/C14H18BrNO/c15-12-5-1-10(2-6-12)9-14(17)11-3-7-13(16)8-4-11/h1-2,5-6,11,13H,3-4,7-9,16H2. The van der Waals surface area contributed by atoms with Crippen LogP contribution in [0.15, 0.2) is 28.7 Å². The van der Waals surface area contributed by atoms with Gasteiger partial charge in [-0.05, 0) is 43.4 Å². The molecule has 1 aliphatic rings. The number of ketones is 1. The number of halogens is 1. The Labute approximate surface area is 111 Å². The van der Waals surface area contributed by atoms with Crippen LogP contribution in [0.25, 0.3) is 0 Å². The third-order valence-corrected chi connectivity index (χ3v) is 4.05. The summed E-state index contributed by atoms with van der Waals surface area (Å²) in [6, 6.07) is 8.30. The number of carbonyl (C=O) groups excluding carboxylic acids is 1. The summed E-state index contributed by atoms with van der Waals surface area (Å²) in [5.74, 6) is 0.609. The van der Waals surface area contributed by atoms with E-state index in [9.17, 15) is 4.79 Å². The first-order valence-corrected chi connectivity index (χ1v) is 6.97. The normalized spacial score (nSPS) is 24.6. The maximum absolute atomic E-state index is 12.1. The third kappa shape index (κ3) is 3.65. The molecule has 1 aromatic carbocycles. The summed E-state index contributed by atoms with van der Waals surface area (Å²) in [6.45, 7) is 0. The van der Waals surface area contributed by atoms with Crippen LogP contribution in [0, 0.1) is 5.92 Å². The highest BCUT2D eigenvalue weighted by Gasteiger charge is 2.24. The molecule has 0 aliphatic heterocycles. The van der Waals surface area contributed by atoms with Crippen molar-refractivity contribution < 1.29 is 4.79 Å². The highest BCUT2D eigenvalue weighted by Crippen LogP contribution is 2.25. The zero-order chi connectivity index (χ0) is 12.3. The highest BCUT2D eigenvalue weighted by molar-refractivity contribution is 9.10. The van der Waals surface area contributed by atoms with E-state index in [4.69, 9.17) is 5.73 Å². The Bertz CT molecular complexity index is 380. The van der Waals surface area contributed by atoms with Crippen LogP contribution in [-0.2, 0) is 11.2 Å². The van der Waals surface area contributed by atoms with Crippen molar-refractivity contribution in [3.8, 4) is 0 Å². The SMILES string of the molecule is NC1CCC(C(=O)Cc2ccc(Br)cc2)CC1. The molecule has 2 rings (SSSR count). The zero-order valence-electron chi connectivity index (χ0n) is 9.86. The summed E-state index contributed by atoms with van der Waals surface area (Å²) < 4.78 is 1.05. The summed E-state index contributed by atoms with van der Waals surface area (Å²) in [7, 11) is 0. The Balaban J connectivity index is 1.90. The van der Waals surface area contributed by atoms with E-state index in [1.165, 1.54) is 0 Å². The van der Waals surface area contributed by atoms with Crippen molar-refractivity contribution >= 4 is 21.7 Å². The minimum Gasteiger partial charge on any atom is -0.328 e. The quantitative estimate of drug-likeness (QED) is 0.931. The predicted molar refractivity (Wildman–Crippen MR) is 72.8 cm³/mol. The number of rotatable bonds is 3. The molecule has 0 amide bonds. The van der Waals surface area contributed by atoms with Crippen LogP contribution in [0.3, 0.4) is 0 Å². The van der Waals surface area contributed by atoms with E-state index in [0.717, 1.165) is 35.7 Å². The van der Waals surface area contributed by atoms with Gasteiger partial charge in [-0.25, -0.2) is 0 Å². The minimum atomic E-state index is 0.235. The number of nitrogens with two attached hydrogens (primary N) is 1. The van der Waals surface area contributed by atoms with Gasteiger partial charge >= 0.3 is 0 Å². The van der Waals surface area contributed by atoms with Crippen molar-refractivity contribution in [2.75, 3.05) is 0 Å². The maximum atomic E-state index is 12.1. The predicted octanol–water partition coefficient (Wildman–Crippen LogP) is 3.08. The van der Waals surface area contributed by atoms with Gasteiger partial charge in [-0.2, -0.15) is 0 Å². The largest absolute Gasteiger partial charge is 0.328 e. The number of benzene rings is 1. The van der Waals surface area contributed by atoms with Crippen molar-refractivity contribution in [2.24, 2.45) is 11.7 Å². The summed E-state index contributed by atoms with van der Waals surface area (Å²) >= 11 is 3.40. The van der Waals surface area contributed by atoms with Crippen molar-refractivity contribution in [1.82, 2.24) is 0 Å². The van der Waals surface area contributed by atoms with E-state index in [0.29, 0.717) is 18.2 Å². The van der Waals surface area contributed by atoms with Gasteiger partial charge in [0, 0.05) is 22.9 Å². The van der Waals surface area contributed by atoms with Crippen molar-refractivity contribution in [3.63, 3.8) is 0 Å². The van der Waals surface area contributed by atoms with Crippen LogP contribution >= 0.6 is 15.9 Å². The maximum Gasteiger partial charge on any atom is 0.140 e. The number of Topliss-reactive ketones (excluding diaryl/α,β-unsaturated/α-hetero) is 1. The molecule has 0 aromatic heterocycles. The molecule has 0 bridgehead atoms. The zero-order valence-corrected chi connectivity index (χ0v) is 11.4. The molecule has 0 spiro atoms. The minimum absolute atomic E-state index is 0.235. The van der Waals surface area contributed by atoms with E-state index in [2.05, 4.69) is 15.9 Å². The molecule has 17 heavy (non-hydrogen) atoms. The van der Waals surface area contributed by atoms with E-state index >= 15 is 0 Å². The fourth-order valence-electron chi connectivity index (χ4n) is 2.39. The first-order chi connectivity index (χ1) is 8.15. The van der Waals surface area contributed by atoms with E-state index in [1.807, 2.05) is 24.3 Å². The second-order valence-corrected chi connectivity index (χ2v) is 5.80. The van der Waals surface area contributed by atoms with E-state index in [-0.39, 0.29) is 5.92 Å². The Morgan fingerprint density at radius 2 is 1.76 bits per heavy atom. The molecule has 0 unspecified atom stereocenters. The summed E-state index contributed by atoms with van der Waals surface area (Å²) in [6.07, 6.45) is 4.49. The molecule has 1 saturated carbocycles. The molecule has 1 aliphatic carbocycles. The molecule has 92 valence electrons. The number of carbonyl (C=O) groups is 1. The molecule has 3 heteroatoms. The monoisotopic (exact) mass is 295 g/mol. The lowest BCUT2D eigenvalue weighted by Crippen LogP contribution is -2.30. The fraction of sp³-hybridized carbons (Fsp3) is 0.500. The van der Waals surface area contributed by atoms with Gasteiger partial charge < -0.3 is 5.73 Å². The van der Waals surface area contributed by atoms with Gasteiger partial charge in [-0.3, -0.25) is 4.79 Å². The third-order valence-electron chi connectivity index (χ3n) is 3.52. The molecule has 1 aromatic rings. The molecule has 2 N–H and O–H groups in total. The van der Waals surface area contributed by atoms with Crippen LogP contribution in [0.2, 0.25) is 0 Å². The molecule has 0 atom stereocenters. The Hall–Kier alpha value is -0.670. The van der Waals surface area contributed by atoms with E-state index < -0.39 is 0 Å². The summed E-state index contributed by atoms with van der Waals surface area (Å²) in [4.78, 5) is 12.1. The van der Waals surface area contributed by atoms with Gasteiger partial charge in [0.1, 0.15) is 5.78 Å². The second-order valence-electron chi connectivity index (χ2n) is 4.88.